The SMILES string of the molecule is COC(=O)c1c(Br)c(Br)c(Br)c(Br)c1-c1c2ccc(=N)cc-2oc2cc(N)ccc12.[Cl-]. The average molecular weight is 695 g/mol. The van der Waals surface area contributed by atoms with Gasteiger partial charge in [-0.05, 0) is 88.0 Å². The molecule has 10 heteroatoms. The van der Waals surface area contributed by atoms with Crippen molar-refractivity contribution < 1.29 is 26.4 Å². The highest BCUT2D eigenvalue weighted by atomic mass is 79.9. The lowest BCUT2D eigenvalue weighted by atomic mass is 9.90. The second-order valence-electron chi connectivity index (χ2n) is 6.44. The van der Waals surface area contributed by atoms with Gasteiger partial charge in [-0.3, -0.25) is 0 Å². The molecule has 160 valence electrons. The molecule has 1 heterocycles. The smallest absolute Gasteiger partial charge is 0.339 e. The predicted molar refractivity (Wildman–Crippen MR) is 131 cm³/mol. The molecule has 0 radical (unpaired) electrons. The van der Waals surface area contributed by atoms with E-state index < -0.39 is 5.97 Å². The summed E-state index contributed by atoms with van der Waals surface area (Å²) in [6.45, 7) is 0. The zero-order valence-electron chi connectivity index (χ0n) is 15.7. The van der Waals surface area contributed by atoms with Crippen LogP contribution in [0.3, 0.4) is 0 Å². The maximum atomic E-state index is 12.8. The number of esters is 1. The maximum absolute atomic E-state index is 12.8. The quantitative estimate of drug-likeness (QED) is 0.109. The van der Waals surface area contributed by atoms with Crippen molar-refractivity contribution in [2.75, 3.05) is 12.8 Å². The number of anilines is 1. The molecule has 0 saturated heterocycles. The number of rotatable bonds is 2. The number of benzene rings is 3. The largest absolute Gasteiger partial charge is 1.00 e. The monoisotopic (exact) mass is 691 g/mol. The van der Waals surface area contributed by atoms with Gasteiger partial charge < -0.3 is 32.7 Å². The Morgan fingerprint density at radius 3 is 2.32 bits per heavy atom. The molecule has 0 aromatic heterocycles. The van der Waals surface area contributed by atoms with Crippen LogP contribution in [0.5, 0.6) is 0 Å². The number of hydrogen-bond acceptors (Lipinski definition) is 5. The van der Waals surface area contributed by atoms with E-state index in [2.05, 4.69) is 63.7 Å². The van der Waals surface area contributed by atoms with Crippen LogP contribution in [0.1, 0.15) is 10.4 Å². The molecule has 0 unspecified atom stereocenters. The van der Waals surface area contributed by atoms with Crippen LogP contribution in [0.4, 0.5) is 5.69 Å². The molecule has 0 spiro atoms. The van der Waals surface area contributed by atoms with E-state index in [0.717, 1.165) is 21.0 Å². The van der Waals surface area contributed by atoms with E-state index in [1.165, 1.54) is 7.11 Å². The van der Waals surface area contributed by atoms with Crippen molar-refractivity contribution in [1.82, 2.24) is 0 Å². The zero-order valence-corrected chi connectivity index (χ0v) is 22.8. The Bertz CT molecular complexity index is 1390. The minimum absolute atomic E-state index is 0. The Kier molecular flexibility index (Phi) is 7.22. The third-order valence-electron chi connectivity index (χ3n) is 4.65. The summed E-state index contributed by atoms with van der Waals surface area (Å²) >= 11 is 14.3. The zero-order chi connectivity index (χ0) is 21.7. The summed E-state index contributed by atoms with van der Waals surface area (Å²) in [7, 11) is 1.34. The molecule has 1 aliphatic carbocycles. The third kappa shape index (κ3) is 4.06. The number of carbonyl (C=O) groups excluding carboxylic acids is 1. The summed E-state index contributed by atoms with van der Waals surface area (Å²) in [5, 5.41) is 9.07. The Balaban J connectivity index is 0.00000272. The van der Waals surface area contributed by atoms with Crippen molar-refractivity contribution in [2.24, 2.45) is 0 Å². The summed E-state index contributed by atoms with van der Waals surface area (Å²) in [6.07, 6.45) is 0. The molecule has 2 aromatic carbocycles. The first-order chi connectivity index (χ1) is 14.2. The van der Waals surface area contributed by atoms with Crippen LogP contribution in [-0.2, 0) is 4.74 Å². The van der Waals surface area contributed by atoms with Gasteiger partial charge in [0.25, 0.3) is 0 Å². The Morgan fingerprint density at radius 1 is 0.968 bits per heavy atom. The number of nitrogens with one attached hydrogen (secondary N) is 1. The molecule has 31 heavy (non-hydrogen) atoms. The second kappa shape index (κ2) is 9.23. The lowest BCUT2D eigenvalue weighted by Gasteiger charge is -2.21. The summed E-state index contributed by atoms with van der Waals surface area (Å²) in [5.41, 5.74) is 9.54. The molecule has 2 aromatic rings. The van der Waals surface area contributed by atoms with Gasteiger partial charge in [0.05, 0.1) is 18.0 Å². The summed E-state index contributed by atoms with van der Waals surface area (Å²) in [5.74, 6) is 0.00824. The van der Waals surface area contributed by atoms with Gasteiger partial charge in [-0.25, -0.2) is 4.79 Å². The van der Waals surface area contributed by atoms with Crippen LogP contribution in [0.2, 0.25) is 0 Å². The van der Waals surface area contributed by atoms with Crippen molar-refractivity contribution in [3.8, 4) is 22.5 Å². The number of nitrogen functional groups attached to an aromatic ring is 1. The van der Waals surface area contributed by atoms with Crippen LogP contribution < -0.4 is 23.5 Å². The fraction of sp³-hybridized carbons (Fsp3) is 0.0476. The van der Waals surface area contributed by atoms with Gasteiger partial charge in [0.15, 0.2) is 0 Å². The number of carbonyl (C=O) groups is 1. The molecule has 4 rings (SSSR count). The van der Waals surface area contributed by atoms with E-state index in [-0.39, 0.29) is 12.4 Å². The van der Waals surface area contributed by atoms with Crippen LogP contribution in [-0.4, -0.2) is 13.1 Å². The molecule has 0 atom stereocenters. The molecule has 0 saturated carbocycles. The fourth-order valence-corrected chi connectivity index (χ4v) is 5.81. The molecular formula is C21H12Br4ClN2O3-. The van der Waals surface area contributed by atoms with E-state index in [9.17, 15) is 4.79 Å². The first-order valence-corrected chi connectivity index (χ1v) is 11.7. The predicted octanol–water partition coefficient (Wildman–Crippen LogP) is 4.11. The highest BCUT2D eigenvalue weighted by Gasteiger charge is 2.29. The molecule has 3 N–H and O–H groups in total. The topological polar surface area (TPSA) is 89.3 Å². The summed E-state index contributed by atoms with van der Waals surface area (Å²) < 4.78 is 13.8. The molecule has 5 nitrogen and oxygen atoms in total. The van der Waals surface area contributed by atoms with Crippen molar-refractivity contribution in [2.45, 2.75) is 0 Å². The maximum Gasteiger partial charge on any atom is 0.339 e. The minimum Gasteiger partial charge on any atom is -1.00 e. The first-order valence-electron chi connectivity index (χ1n) is 8.50. The Morgan fingerprint density at radius 2 is 1.65 bits per heavy atom. The van der Waals surface area contributed by atoms with Crippen molar-refractivity contribution >= 4 is 86.3 Å². The van der Waals surface area contributed by atoms with Crippen molar-refractivity contribution in [3.63, 3.8) is 0 Å². The summed E-state index contributed by atoms with van der Waals surface area (Å²) in [6, 6.07) is 10.5. The lowest BCUT2D eigenvalue weighted by Crippen LogP contribution is -3.00. The lowest BCUT2D eigenvalue weighted by molar-refractivity contribution is -0.0000208. The van der Waals surface area contributed by atoms with Crippen LogP contribution in [0.15, 0.2) is 58.7 Å². The van der Waals surface area contributed by atoms with Crippen LogP contribution >= 0.6 is 63.7 Å². The van der Waals surface area contributed by atoms with E-state index in [1.807, 2.05) is 12.1 Å². The van der Waals surface area contributed by atoms with Crippen LogP contribution in [0, 0.1) is 5.41 Å². The van der Waals surface area contributed by atoms with E-state index in [4.69, 9.17) is 20.3 Å². The molecule has 2 aliphatic rings. The van der Waals surface area contributed by atoms with E-state index >= 15 is 0 Å². The average Bonchev–Trinajstić information content (AvgIpc) is 2.72. The van der Waals surface area contributed by atoms with Gasteiger partial charge in [-0.1, -0.05) is 0 Å². The molecule has 1 aliphatic heterocycles. The molecule has 0 amide bonds. The molecular weight excluding hydrogens is 683 g/mol. The number of methoxy groups -OCH3 is 1. The summed E-state index contributed by atoms with van der Waals surface area (Å²) in [4.78, 5) is 12.8. The highest BCUT2D eigenvalue weighted by Crippen LogP contribution is 2.50. The molecule has 0 bridgehead atoms. The third-order valence-corrected chi connectivity index (χ3v) is 9.42. The normalized spacial score (nSPS) is 10.9. The van der Waals surface area contributed by atoms with E-state index in [1.54, 1.807) is 24.3 Å². The minimum atomic E-state index is -0.500. The number of fused-ring (bicyclic) bond motifs is 2. The number of ether oxygens (including phenoxy) is 1. The van der Waals surface area contributed by atoms with Gasteiger partial charge in [-0.15, -0.1) is 0 Å². The van der Waals surface area contributed by atoms with Gasteiger partial charge in [0.1, 0.15) is 11.3 Å². The number of nitrogens with two attached hydrogens (primary N) is 1. The van der Waals surface area contributed by atoms with Gasteiger partial charge in [0.2, 0.25) is 0 Å². The second-order valence-corrected chi connectivity index (χ2v) is 9.61. The van der Waals surface area contributed by atoms with Gasteiger partial charge in [-0.2, -0.15) is 0 Å². The van der Waals surface area contributed by atoms with Crippen LogP contribution in [0.25, 0.3) is 33.4 Å². The standard InChI is InChI=1S/C21H12Br4N2O3.ClH/c1-29-21(28)16-15(17(22)19(24)20(25)18(16)23)14-10-4-2-8(26)6-12(10)30-13-7-9(27)3-5-11(13)14;/h2-7,26H,27H2,1H3;1H/p-1. The number of halogens is 5. The first kappa shape index (κ1) is 24.3. The van der Waals surface area contributed by atoms with Gasteiger partial charge in [0, 0.05) is 57.8 Å². The van der Waals surface area contributed by atoms with Crippen molar-refractivity contribution in [3.05, 3.63) is 65.2 Å². The Hall–Kier alpha value is -1.39. The number of hydrogen-bond donors (Lipinski definition) is 2. The van der Waals surface area contributed by atoms with Crippen molar-refractivity contribution in [1.29, 1.82) is 5.41 Å². The Labute approximate surface area is 217 Å². The van der Waals surface area contributed by atoms with Gasteiger partial charge >= 0.3 is 5.97 Å². The molecule has 0 fully saturated rings. The highest BCUT2D eigenvalue weighted by molar-refractivity contribution is 9.15. The van der Waals surface area contributed by atoms with E-state index in [0.29, 0.717) is 46.9 Å². The fourth-order valence-electron chi connectivity index (χ4n) is 3.34.